The van der Waals surface area contributed by atoms with E-state index in [4.69, 9.17) is 4.74 Å². The molecule has 0 heterocycles. The molecule has 1 aromatic carbocycles. The number of aliphatic hydroxyl groups excluding tert-OH is 1. The molecule has 18 heavy (non-hydrogen) atoms. The van der Waals surface area contributed by atoms with Gasteiger partial charge in [-0.25, -0.2) is 0 Å². The first kappa shape index (κ1) is 14.7. The molecule has 4 nitrogen and oxygen atoms in total. The molecule has 0 fully saturated rings. The lowest BCUT2D eigenvalue weighted by atomic mass is 10.2. The van der Waals surface area contributed by atoms with Gasteiger partial charge in [-0.05, 0) is 25.2 Å². The summed E-state index contributed by atoms with van der Waals surface area (Å²) in [5.74, 6) is 0.0772. The van der Waals surface area contributed by atoms with Crippen molar-refractivity contribution in [2.75, 3.05) is 20.2 Å². The topological polar surface area (TPSA) is 53.5 Å². The fraction of sp³-hybridized carbons (Fsp3) is 0.455. The van der Waals surface area contributed by atoms with Crippen LogP contribution in [0.3, 0.4) is 0 Å². The number of nitrogens with one attached hydrogen (secondary N) is 2. The number of hydrogen-bond acceptors (Lipinski definition) is 4. The lowest BCUT2D eigenvalue weighted by Crippen LogP contribution is -2.37. The van der Waals surface area contributed by atoms with E-state index in [2.05, 4.69) is 10.9 Å². The van der Waals surface area contributed by atoms with E-state index in [-0.39, 0.29) is 18.9 Å². The lowest BCUT2D eigenvalue weighted by Gasteiger charge is -2.14. The van der Waals surface area contributed by atoms with E-state index in [0.29, 0.717) is 0 Å². The van der Waals surface area contributed by atoms with Gasteiger partial charge in [0, 0.05) is 6.54 Å². The highest BCUT2D eigenvalue weighted by Gasteiger charge is 2.30. The molecule has 102 valence electrons. The van der Waals surface area contributed by atoms with Crippen molar-refractivity contribution in [3.05, 3.63) is 29.8 Å². The van der Waals surface area contributed by atoms with E-state index < -0.39 is 17.8 Å². The number of halogens is 3. The molecule has 0 aliphatic rings. The van der Waals surface area contributed by atoms with Crippen molar-refractivity contribution < 1.29 is 23.0 Å². The van der Waals surface area contributed by atoms with Crippen LogP contribution in [0.2, 0.25) is 0 Å². The van der Waals surface area contributed by atoms with Gasteiger partial charge in [0.15, 0.2) is 0 Å². The summed E-state index contributed by atoms with van der Waals surface area (Å²) in [5, 5.41) is 9.42. The number of hydrazine groups is 1. The Labute approximate surface area is 103 Å². The van der Waals surface area contributed by atoms with Crippen LogP contribution in [-0.4, -0.2) is 31.4 Å². The normalized spacial score (nSPS) is 13.4. The third-order valence-electron chi connectivity index (χ3n) is 2.12. The SMILES string of the molecule is CNNCC(O)COc1cccc(C(F)(F)F)c1. The fourth-order valence-corrected chi connectivity index (χ4v) is 1.23. The Morgan fingerprint density at radius 1 is 1.39 bits per heavy atom. The molecule has 1 rings (SSSR count). The second-order valence-electron chi connectivity index (χ2n) is 3.62. The van der Waals surface area contributed by atoms with Crippen LogP contribution in [-0.2, 0) is 6.18 Å². The monoisotopic (exact) mass is 264 g/mol. The standard InChI is InChI=1S/C11H15F3N2O2/c1-15-16-6-9(17)7-18-10-4-2-3-8(5-10)11(12,13)14/h2-5,9,15-17H,6-7H2,1H3. The van der Waals surface area contributed by atoms with Gasteiger partial charge in [0.1, 0.15) is 18.5 Å². The highest BCUT2D eigenvalue weighted by molar-refractivity contribution is 5.30. The van der Waals surface area contributed by atoms with Gasteiger partial charge >= 0.3 is 6.18 Å². The molecule has 0 saturated heterocycles. The molecule has 0 aliphatic carbocycles. The zero-order valence-electron chi connectivity index (χ0n) is 9.79. The molecule has 0 aromatic heterocycles. The van der Waals surface area contributed by atoms with Gasteiger partial charge in [0.2, 0.25) is 0 Å². The van der Waals surface area contributed by atoms with E-state index in [1.165, 1.54) is 12.1 Å². The Kier molecular flexibility index (Phi) is 5.39. The number of benzene rings is 1. The van der Waals surface area contributed by atoms with Crippen LogP contribution in [0.1, 0.15) is 5.56 Å². The quantitative estimate of drug-likeness (QED) is 0.675. The summed E-state index contributed by atoms with van der Waals surface area (Å²) in [7, 11) is 1.64. The number of alkyl halides is 3. The van der Waals surface area contributed by atoms with E-state index in [9.17, 15) is 18.3 Å². The Bertz CT molecular complexity index is 372. The third kappa shape index (κ3) is 4.91. The maximum absolute atomic E-state index is 12.4. The van der Waals surface area contributed by atoms with Crippen molar-refractivity contribution in [2.24, 2.45) is 0 Å². The number of aliphatic hydroxyl groups is 1. The molecule has 7 heteroatoms. The van der Waals surface area contributed by atoms with Gasteiger partial charge in [-0.3, -0.25) is 10.9 Å². The van der Waals surface area contributed by atoms with Crippen molar-refractivity contribution in [1.82, 2.24) is 10.9 Å². The van der Waals surface area contributed by atoms with Crippen LogP contribution in [0.5, 0.6) is 5.75 Å². The smallest absolute Gasteiger partial charge is 0.416 e. The summed E-state index contributed by atoms with van der Waals surface area (Å²) in [6, 6.07) is 4.54. The first-order valence-corrected chi connectivity index (χ1v) is 5.31. The molecule has 0 aliphatic heterocycles. The largest absolute Gasteiger partial charge is 0.491 e. The maximum atomic E-state index is 12.4. The van der Waals surface area contributed by atoms with Gasteiger partial charge in [-0.15, -0.1) is 0 Å². The van der Waals surface area contributed by atoms with E-state index in [1.54, 1.807) is 7.05 Å². The minimum atomic E-state index is -4.40. The van der Waals surface area contributed by atoms with Crippen molar-refractivity contribution in [2.45, 2.75) is 12.3 Å². The van der Waals surface area contributed by atoms with Crippen LogP contribution >= 0.6 is 0 Å². The molecule has 0 amide bonds. The average Bonchev–Trinajstić information content (AvgIpc) is 2.33. The Balaban J connectivity index is 2.52. The van der Waals surface area contributed by atoms with Crippen LogP contribution in [0, 0.1) is 0 Å². The van der Waals surface area contributed by atoms with Crippen molar-refractivity contribution in [1.29, 1.82) is 0 Å². The summed E-state index contributed by atoms with van der Waals surface area (Å²) < 4.78 is 42.3. The summed E-state index contributed by atoms with van der Waals surface area (Å²) in [6.07, 6.45) is -5.21. The van der Waals surface area contributed by atoms with Gasteiger partial charge in [-0.2, -0.15) is 13.2 Å². The fourth-order valence-electron chi connectivity index (χ4n) is 1.23. The first-order valence-electron chi connectivity index (χ1n) is 5.31. The summed E-state index contributed by atoms with van der Waals surface area (Å²) >= 11 is 0. The predicted octanol–water partition coefficient (Wildman–Crippen LogP) is 1.17. The zero-order chi connectivity index (χ0) is 13.6. The molecule has 1 unspecified atom stereocenters. The summed E-state index contributed by atoms with van der Waals surface area (Å²) in [6.45, 7) is 0.144. The van der Waals surface area contributed by atoms with Crippen LogP contribution in [0.15, 0.2) is 24.3 Å². The predicted molar refractivity (Wildman–Crippen MR) is 60.0 cm³/mol. The summed E-state index contributed by atoms with van der Waals surface area (Å²) in [4.78, 5) is 0. The highest BCUT2D eigenvalue weighted by atomic mass is 19.4. The van der Waals surface area contributed by atoms with Crippen molar-refractivity contribution in [3.63, 3.8) is 0 Å². The van der Waals surface area contributed by atoms with Crippen molar-refractivity contribution >= 4 is 0 Å². The van der Waals surface area contributed by atoms with Crippen LogP contribution < -0.4 is 15.6 Å². The Morgan fingerprint density at radius 2 is 2.11 bits per heavy atom. The van der Waals surface area contributed by atoms with Crippen LogP contribution in [0.4, 0.5) is 13.2 Å². The average molecular weight is 264 g/mol. The van der Waals surface area contributed by atoms with Gasteiger partial charge in [-0.1, -0.05) is 6.07 Å². The summed E-state index contributed by atoms with van der Waals surface area (Å²) in [5.41, 5.74) is 4.50. The highest BCUT2D eigenvalue weighted by Crippen LogP contribution is 2.31. The second kappa shape index (κ2) is 6.58. The van der Waals surface area contributed by atoms with Crippen LogP contribution in [0.25, 0.3) is 0 Å². The lowest BCUT2D eigenvalue weighted by molar-refractivity contribution is -0.137. The molecule has 0 radical (unpaired) electrons. The second-order valence-corrected chi connectivity index (χ2v) is 3.62. The number of hydrogen-bond donors (Lipinski definition) is 3. The van der Waals surface area contributed by atoms with E-state index in [1.807, 2.05) is 0 Å². The van der Waals surface area contributed by atoms with E-state index in [0.717, 1.165) is 12.1 Å². The molecular formula is C11H15F3N2O2. The molecular weight excluding hydrogens is 249 g/mol. The molecule has 0 bridgehead atoms. The Hall–Kier alpha value is -1.31. The van der Waals surface area contributed by atoms with Crippen molar-refractivity contribution in [3.8, 4) is 5.75 Å². The molecule has 0 saturated carbocycles. The molecule has 0 spiro atoms. The molecule has 3 N–H and O–H groups in total. The van der Waals surface area contributed by atoms with E-state index >= 15 is 0 Å². The maximum Gasteiger partial charge on any atom is 0.416 e. The van der Waals surface area contributed by atoms with Gasteiger partial charge < -0.3 is 9.84 Å². The van der Waals surface area contributed by atoms with Gasteiger partial charge in [0.25, 0.3) is 0 Å². The Morgan fingerprint density at radius 3 is 2.72 bits per heavy atom. The minimum absolute atomic E-state index is 0.0772. The molecule has 1 atom stereocenters. The zero-order valence-corrected chi connectivity index (χ0v) is 9.79. The number of rotatable bonds is 6. The minimum Gasteiger partial charge on any atom is -0.491 e. The first-order chi connectivity index (χ1) is 8.43. The third-order valence-corrected chi connectivity index (χ3v) is 2.12. The number of ether oxygens (including phenoxy) is 1. The molecule has 1 aromatic rings. The van der Waals surface area contributed by atoms with Gasteiger partial charge in [0.05, 0.1) is 5.56 Å².